The van der Waals surface area contributed by atoms with Crippen LogP contribution in [0, 0.1) is 0 Å². The third-order valence-corrected chi connectivity index (χ3v) is 5.37. The number of anilines is 2. The molecule has 8 heteroatoms. The lowest BCUT2D eigenvalue weighted by Crippen LogP contribution is -2.47. The molecule has 0 heterocycles. The molecule has 0 unspecified atom stereocenters. The van der Waals surface area contributed by atoms with E-state index in [0.717, 1.165) is 10.6 Å². The van der Waals surface area contributed by atoms with Crippen LogP contribution in [-0.4, -0.2) is 38.6 Å². The second-order valence-corrected chi connectivity index (χ2v) is 8.84. The standard InChI is InChI=1S/C21H27N3O4S/c1-5-19(24(29(4,27)28)16-11-7-6-8-12-16)21(26)23-18-14-10-9-13-17(18)20(25)22-15(2)3/h6-15,19H,5H2,1-4H3,(H,22,25)(H,23,26)/t19-/m1/s1. The summed E-state index contributed by atoms with van der Waals surface area (Å²) in [7, 11) is -3.72. The van der Waals surface area contributed by atoms with E-state index in [-0.39, 0.29) is 18.4 Å². The molecule has 0 spiro atoms. The molecule has 0 aliphatic carbocycles. The van der Waals surface area contributed by atoms with Gasteiger partial charge in [0.25, 0.3) is 5.91 Å². The Balaban J connectivity index is 2.36. The Kier molecular flexibility index (Phi) is 7.39. The summed E-state index contributed by atoms with van der Waals surface area (Å²) in [6.45, 7) is 5.43. The molecule has 2 aromatic rings. The lowest BCUT2D eigenvalue weighted by Gasteiger charge is -2.30. The molecule has 0 saturated carbocycles. The molecule has 2 rings (SSSR count). The van der Waals surface area contributed by atoms with Gasteiger partial charge in [0.2, 0.25) is 15.9 Å². The number of amides is 2. The second-order valence-electron chi connectivity index (χ2n) is 6.98. The van der Waals surface area contributed by atoms with E-state index in [2.05, 4.69) is 10.6 Å². The smallest absolute Gasteiger partial charge is 0.253 e. The highest BCUT2D eigenvalue weighted by atomic mass is 32.2. The van der Waals surface area contributed by atoms with E-state index in [1.54, 1.807) is 61.5 Å². The van der Waals surface area contributed by atoms with Crippen molar-refractivity contribution >= 4 is 33.2 Å². The maximum absolute atomic E-state index is 13.1. The Hall–Kier alpha value is -2.87. The van der Waals surface area contributed by atoms with Crippen LogP contribution < -0.4 is 14.9 Å². The SMILES string of the molecule is CC[C@H](C(=O)Nc1ccccc1C(=O)NC(C)C)N(c1ccccc1)S(C)(=O)=O. The minimum atomic E-state index is -3.72. The molecular formula is C21H27N3O4S. The third-order valence-electron chi connectivity index (χ3n) is 4.19. The van der Waals surface area contributed by atoms with Crippen LogP contribution in [0.2, 0.25) is 0 Å². The number of sulfonamides is 1. The topological polar surface area (TPSA) is 95.6 Å². The Morgan fingerprint density at radius 2 is 1.59 bits per heavy atom. The quantitative estimate of drug-likeness (QED) is 0.690. The molecule has 2 aromatic carbocycles. The minimum Gasteiger partial charge on any atom is -0.350 e. The lowest BCUT2D eigenvalue weighted by molar-refractivity contribution is -0.117. The van der Waals surface area contributed by atoms with E-state index in [0.29, 0.717) is 16.9 Å². The summed E-state index contributed by atoms with van der Waals surface area (Å²) >= 11 is 0. The Labute approximate surface area is 172 Å². The number of nitrogens with one attached hydrogen (secondary N) is 2. The Morgan fingerprint density at radius 3 is 2.14 bits per heavy atom. The summed E-state index contributed by atoms with van der Waals surface area (Å²) in [5.74, 6) is -0.821. The van der Waals surface area contributed by atoms with E-state index in [9.17, 15) is 18.0 Å². The monoisotopic (exact) mass is 417 g/mol. The predicted octanol–water partition coefficient (Wildman–Crippen LogP) is 3.01. The number of carbonyl (C=O) groups is 2. The van der Waals surface area contributed by atoms with Crippen molar-refractivity contribution in [2.24, 2.45) is 0 Å². The number of para-hydroxylation sites is 2. The first-order valence-corrected chi connectivity index (χ1v) is 11.2. The Bertz CT molecular complexity index is 959. The number of hydrogen-bond acceptors (Lipinski definition) is 4. The van der Waals surface area contributed by atoms with Crippen molar-refractivity contribution < 1.29 is 18.0 Å². The van der Waals surface area contributed by atoms with Gasteiger partial charge in [0.1, 0.15) is 6.04 Å². The van der Waals surface area contributed by atoms with Crippen molar-refractivity contribution in [1.82, 2.24) is 5.32 Å². The maximum atomic E-state index is 13.1. The van der Waals surface area contributed by atoms with Gasteiger partial charge < -0.3 is 10.6 Å². The van der Waals surface area contributed by atoms with Crippen LogP contribution in [0.25, 0.3) is 0 Å². The second kappa shape index (κ2) is 9.56. The molecule has 0 fully saturated rings. The summed E-state index contributed by atoms with van der Waals surface area (Å²) in [6, 6.07) is 14.1. The summed E-state index contributed by atoms with van der Waals surface area (Å²) in [5, 5.41) is 5.52. The van der Waals surface area contributed by atoms with Crippen LogP contribution in [0.3, 0.4) is 0 Å². The lowest BCUT2D eigenvalue weighted by atomic mass is 10.1. The first-order chi connectivity index (χ1) is 13.6. The number of rotatable bonds is 8. The van der Waals surface area contributed by atoms with Gasteiger partial charge in [0, 0.05) is 6.04 Å². The fourth-order valence-corrected chi connectivity index (χ4v) is 4.19. The van der Waals surface area contributed by atoms with E-state index in [4.69, 9.17) is 0 Å². The van der Waals surface area contributed by atoms with Crippen LogP contribution in [0.15, 0.2) is 54.6 Å². The highest BCUT2D eigenvalue weighted by Gasteiger charge is 2.32. The normalized spacial score (nSPS) is 12.3. The molecule has 0 bridgehead atoms. The van der Waals surface area contributed by atoms with Crippen molar-refractivity contribution in [1.29, 1.82) is 0 Å². The average molecular weight is 418 g/mol. The highest BCUT2D eigenvalue weighted by Crippen LogP contribution is 2.24. The van der Waals surface area contributed by atoms with E-state index >= 15 is 0 Å². The van der Waals surface area contributed by atoms with Gasteiger partial charge in [0.05, 0.1) is 23.2 Å². The van der Waals surface area contributed by atoms with Crippen molar-refractivity contribution in [3.05, 3.63) is 60.2 Å². The average Bonchev–Trinajstić information content (AvgIpc) is 2.65. The van der Waals surface area contributed by atoms with E-state index < -0.39 is 22.0 Å². The van der Waals surface area contributed by atoms with Gasteiger partial charge in [-0.05, 0) is 44.5 Å². The minimum absolute atomic E-state index is 0.0616. The molecule has 0 aliphatic rings. The predicted molar refractivity (Wildman–Crippen MR) is 116 cm³/mol. The first kappa shape index (κ1) is 22.4. The van der Waals surface area contributed by atoms with Gasteiger partial charge in [-0.2, -0.15) is 0 Å². The van der Waals surface area contributed by atoms with Crippen LogP contribution in [-0.2, 0) is 14.8 Å². The van der Waals surface area contributed by atoms with Crippen LogP contribution in [0.1, 0.15) is 37.6 Å². The molecule has 2 amide bonds. The summed E-state index contributed by atoms with van der Waals surface area (Å²) in [5.41, 5.74) is 1.05. The molecule has 0 saturated heterocycles. The number of nitrogens with zero attached hydrogens (tertiary/aromatic N) is 1. The summed E-state index contributed by atoms with van der Waals surface area (Å²) in [4.78, 5) is 25.5. The van der Waals surface area contributed by atoms with Gasteiger partial charge in [-0.25, -0.2) is 8.42 Å². The van der Waals surface area contributed by atoms with Crippen molar-refractivity contribution in [2.45, 2.75) is 39.3 Å². The Morgan fingerprint density at radius 1 is 1.00 bits per heavy atom. The van der Waals surface area contributed by atoms with E-state index in [1.807, 2.05) is 13.8 Å². The van der Waals surface area contributed by atoms with E-state index in [1.165, 1.54) is 0 Å². The molecule has 2 N–H and O–H groups in total. The highest BCUT2D eigenvalue weighted by molar-refractivity contribution is 7.92. The van der Waals surface area contributed by atoms with Gasteiger partial charge in [-0.1, -0.05) is 37.3 Å². The third kappa shape index (κ3) is 5.80. The van der Waals surface area contributed by atoms with Gasteiger partial charge in [-0.3, -0.25) is 13.9 Å². The molecule has 156 valence electrons. The fourth-order valence-electron chi connectivity index (χ4n) is 2.98. The molecule has 0 aromatic heterocycles. The largest absolute Gasteiger partial charge is 0.350 e. The summed E-state index contributed by atoms with van der Waals surface area (Å²) in [6.07, 6.45) is 1.33. The number of hydrogen-bond donors (Lipinski definition) is 2. The zero-order valence-corrected chi connectivity index (χ0v) is 17.9. The molecule has 0 radical (unpaired) electrons. The molecule has 0 aliphatic heterocycles. The fraction of sp³-hybridized carbons (Fsp3) is 0.333. The van der Waals surface area contributed by atoms with Crippen LogP contribution in [0.4, 0.5) is 11.4 Å². The van der Waals surface area contributed by atoms with Crippen molar-refractivity contribution in [3.63, 3.8) is 0 Å². The summed E-state index contributed by atoms with van der Waals surface area (Å²) < 4.78 is 26.0. The van der Waals surface area contributed by atoms with Crippen LogP contribution >= 0.6 is 0 Å². The van der Waals surface area contributed by atoms with Crippen molar-refractivity contribution in [2.75, 3.05) is 15.9 Å². The van der Waals surface area contributed by atoms with Gasteiger partial charge in [0.15, 0.2) is 0 Å². The molecule has 1 atom stereocenters. The zero-order valence-electron chi connectivity index (χ0n) is 17.0. The van der Waals surface area contributed by atoms with Gasteiger partial charge >= 0.3 is 0 Å². The number of carbonyl (C=O) groups excluding carboxylic acids is 2. The molecule has 7 nitrogen and oxygen atoms in total. The maximum Gasteiger partial charge on any atom is 0.253 e. The van der Waals surface area contributed by atoms with Gasteiger partial charge in [-0.15, -0.1) is 0 Å². The number of benzene rings is 2. The molecular weight excluding hydrogens is 390 g/mol. The molecule has 29 heavy (non-hydrogen) atoms. The van der Waals surface area contributed by atoms with Crippen molar-refractivity contribution in [3.8, 4) is 0 Å². The van der Waals surface area contributed by atoms with Crippen LogP contribution in [0.5, 0.6) is 0 Å². The zero-order chi connectivity index (χ0) is 21.6. The first-order valence-electron chi connectivity index (χ1n) is 9.40.